The molecule has 5 aromatic carbocycles. The van der Waals surface area contributed by atoms with Crippen molar-refractivity contribution in [3.05, 3.63) is 138 Å². The quantitative estimate of drug-likeness (QED) is 0.125. The number of methoxy groups -OCH3 is 1. The predicted molar refractivity (Wildman–Crippen MR) is 225 cm³/mol. The topological polar surface area (TPSA) is 99.6 Å². The van der Waals surface area contributed by atoms with Crippen LogP contribution in [0.15, 0.2) is 116 Å². The molecule has 57 heavy (non-hydrogen) atoms. The minimum atomic E-state index is -2.57. The fourth-order valence-corrected chi connectivity index (χ4v) is 14.5. The fraction of sp³-hybridized carbons (Fsp3) is 0.298. The van der Waals surface area contributed by atoms with Crippen molar-refractivity contribution in [2.45, 2.75) is 62.7 Å². The third-order valence-corrected chi connectivity index (χ3v) is 17.6. The first-order valence-electron chi connectivity index (χ1n) is 19.8. The Morgan fingerprint density at radius 2 is 1.70 bits per heavy atom. The molecule has 10 heteroatoms. The number of fused-ring (bicyclic) bond motifs is 3. The Bertz CT molecular complexity index is 2460. The lowest BCUT2D eigenvalue weighted by atomic mass is 9.82. The summed E-state index contributed by atoms with van der Waals surface area (Å²) in [5, 5.41) is 13.6. The lowest BCUT2D eigenvalue weighted by Crippen LogP contribution is -2.52. The highest BCUT2D eigenvalue weighted by molar-refractivity contribution is 6.91. The van der Waals surface area contributed by atoms with Gasteiger partial charge in [-0.2, -0.15) is 0 Å². The van der Waals surface area contributed by atoms with E-state index in [1.165, 1.54) is 0 Å². The molecule has 290 valence electrons. The Kier molecular flexibility index (Phi) is 8.99. The van der Waals surface area contributed by atoms with Crippen LogP contribution in [0.4, 0.5) is 17.1 Å². The van der Waals surface area contributed by atoms with E-state index in [1.54, 1.807) is 27.9 Å². The summed E-state index contributed by atoms with van der Waals surface area (Å²) >= 11 is 0. The molecule has 4 aliphatic rings. The van der Waals surface area contributed by atoms with Crippen molar-refractivity contribution in [1.29, 1.82) is 0 Å². The van der Waals surface area contributed by atoms with E-state index in [0.29, 0.717) is 35.5 Å². The van der Waals surface area contributed by atoms with Gasteiger partial charge in [-0.15, -0.1) is 6.58 Å². The molecule has 0 radical (unpaired) electrons. The van der Waals surface area contributed by atoms with Crippen molar-refractivity contribution < 1.29 is 29.0 Å². The lowest BCUT2D eigenvalue weighted by molar-refractivity contribution is -0.150. The molecule has 1 saturated heterocycles. The van der Waals surface area contributed by atoms with Gasteiger partial charge in [-0.25, -0.2) is 0 Å². The van der Waals surface area contributed by atoms with Crippen molar-refractivity contribution >= 4 is 58.8 Å². The SMILES string of the molecule is C=CCN1C(=O)[C@@]2(O[C@@H](CC(=O)N3Cc4ccccc4C[C@H]3CO)[C@H]([Si](C)(C)c3ccc(OC)cc3)[C@H]2C)c2cc(N3C(=O)c4cccc5cccc3c45)ccc21. The Hall–Kier alpha value is -5.55. The number of carbonyl (C=O) groups is 3. The predicted octanol–water partition coefficient (Wildman–Crippen LogP) is 7.22. The van der Waals surface area contributed by atoms with E-state index in [0.717, 1.165) is 38.5 Å². The van der Waals surface area contributed by atoms with Gasteiger partial charge in [0.05, 0.1) is 57.3 Å². The molecule has 3 amide bonds. The molecule has 1 spiro atoms. The number of rotatable bonds is 9. The van der Waals surface area contributed by atoms with Gasteiger partial charge in [0.25, 0.3) is 11.8 Å². The maximum atomic E-state index is 15.2. The molecule has 4 aliphatic heterocycles. The van der Waals surface area contributed by atoms with E-state index in [4.69, 9.17) is 9.47 Å². The Morgan fingerprint density at radius 3 is 2.42 bits per heavy atom. The van der Waals surface area contributed by atoms with Crippen LogP contribution in [0.3, 0.4) is 0 Å². The summed E-state index contributed by atoms with van der Waals surface area (Å²) < 4.78 is 12.9. The summed E-state index contributed by atoms with van der Waals surface area (Å²) in [4.78, 5) is 49.3. The van der Waals surface area contributed by atoms with Crippen LogP contribution in [0.25, 0.3) is 10.8 Å². The van der Waals surface area contributed by atoms with Crippen LogP contribution in [0.2, 0.25) is 18.6 Å². The average Bonchev–Trinajstić information content (AvgIpc) is 3.78. The zero-order valence-electron chi connectivity index (χ0n) is 32.8. The first kappa shape index (κ1) is 37.0. The number of nitrogens with zero attached hydrogens (tertiary/aromatic N) is 3. The van der Waals surface area contributed by atoms with Crippen LogP contribution in [-0.2, 0) is 32.9 Å². The second kappa shape index (κ2) is 13.8. The van der Waals surface area contributed by atoms with Gasteiger partial charge in [-0.05, 0) is 70.9 Å². The van der Waals surface area contributed by atoms with Gasteiger partial charge >= 0.3 is 0 Å². The molecule has 0 aromatic heterocycles. The second-order valence-electron chi connectivity index (χ2n) is 16.4. The summed E-state index contributed by atoms with van der Waals surface area (Å²) in [6.07, 6.45) is 1.71. The third kappa shape index (κ3) is 5.52. The molecular weight excluding hydrogens is 731 g/mol. The van der Waals surface area contributed by atoms with Gasteiger partial charge < -0.3 is 24.4 Å². The third-order valence-electron chi connectivity index (χ3n) is 13.2. The Labute approximate surface area is 334 Å². The normalized spacial score (nSPS) is 23.7. The summed E-state index contributed by atoms with van der Waals surface area (Å²) in [5.74, 6) is -0.0388. The molecule has 1 N–H and O–H groups in total. The zero-order chi connectivity index (χ0) is 39.8. The summed E-state index contributed by atoms with van der Waals surface area (Å²) in [7, 11) is -0.925. The number of amides is 3. The van der Waals surface area contributed by atoms with E-state index < -0.39 is 19.8 Å². The lowest BCUT2D eigenvalue weighted by Gasteiger charge is -2.39. The molecule has 0 bridgehead atoms. The minimum absolute atomic E-state index is 0.0493. The number of aliphatic hydroxyl groups is 1. The molecule has 5 aromatic rings. The van der Waals surface area contributed by atoms with E-state index in [-0.39, 0.29) is 54.8 Å². The Balaban J connectivity index is 1.16. The standard InChI is InChI=1S/C47H47N3O6Si/c1-6-23-48-39-22-17-33(50-40-16-10-14-30-13-9-15-37(43(30)40)45(50)53)25-38(39)47(46(48)54)29(2)44(57(4,5)36-20-18-35(55-3)19-21-36)41(56-47)26-42(52)49-27-32-12-8-7-11-31(32)24-34(49)28-51/h6-22,25,29,34,41,44,51H,1,23-24,26-28H2,2-5H3/t29-,34+,41+,44-,47+/m1/s1. The van der Waals surface area contributed by atoms with Crippen molar-refractivity contribution in [2.24, 2.45) is 5.92 Å². The van der Waals surface area contributed by atoms with E-state index in [2.05, 4.69) is 44.8 Å². The van der Waals surface area contributed by atoms with E-state index in [9.17, 15) is 14.7 Å². The highest BCUT2D eigenvalue weighted by Gasteiger charge is 2.66. The summed E-state index contributed by atoms with van der Waals surface area (Å²) in [5.41, 5.74) is 4.06. The largest absolute Gasteiger partial charge is 0.497 e. The second-order valence-corrected chi connectivity index (χ2v) is 21.1. The van der Waals surface area contributed by atoms with Crippen LogP contribution >= 0.6 is 0 Å². The van der Waals surface area contributed by atoms with Crippen molar-refractivity contribution in [3.63, 3.8) is 0 Å². The number of ether oxygens (including phenoxy) is 2. The molecular formula is C47H47N3O6Si. The monoisotopic (exact) mass is 777 g/mol. The maximum Gasteiger partial charge on any atom is 0.264 e. The van der Waals surface area contributed by atoms with Gasteiger partial charge in [-0.3, -0.25) is 19.3 Å². The number of aliphatic hydroxyl groups excluding tert-OH is 1. The van der Waals surface area contributed by atoms with Crippen LogP contribution in [0.1, 0.15) is 40.4 Å². The molecule has 0 aliphatic carbocycles. The smallest absolute Gasteiger partial charge is 0.264 e. The molecule has 5 atom stereocenters. The highest BCUT2D eigenvalue weighted by atomic mass is 28.3. The number of benzene rings is 5. The minimum Gasteiger partial charge on any atom is -0.497 e. The van der Waals surface area contributed by atoms with Gasteiger partial charge in [0, 0.05) is 35.6 Å². The van der Waals surface area contributed by atoms with Crippen LogP contribution in [0.5, 0.6) is 5.75 Å². The number of carbonyl (C=O) groups excluding carboxylic acids is 3. The van der Waals surface area contributed by atoms with Crippen molar-refractivity contribution in [2.75, 3.05) is 30.1 Å². The van der Waals surface area contributed by atoms with Gasteiger partial charge in [-0.1, -0.05) is 91.9 Å². The molecule has 0 saturated carbocycles. The molecule has 9 rings (SSSR count). The van der Waals surface area contributed by atoms with Gasteiger partial charge in [0.2, 0.25) is 5.91 Å². The van der Waals surface area contributed by atoms with Crippen LogP contribution < -0.4 is 19.7 Å². The van der Waals surface area contributed by atoms with Crippen molar-refractivity contribution in [3.8, 4) is 5.75 Å². The maximum absolute atomic E-state index is 15.2. The van der Waals surface area contributed by atoms with Gasteiger partial charge in [0.15, 0.2) is 5.60 Å². The molecule has 1 fully saturated rings. The van der Waals surface area contributed by atoms with E-state index in [1.807, 2.05) is 84.9 Å². The van der Waals surface area contributed by atoms with Gasteiger partial charge in [0.1, 0.15) is 5.75 Å². The van der Waals surface area contributed by atoms with Crippen molar-refractivity contribution in [1.82, 2.24) is 4.90 Å². The first-order chi connectivity index (χ1) is 27.5. The fourth-order valence-electron chi connectivity index (χ4n) is 10.5. The van der Waals surface area contributed by atoms with Crippen LogP contribution in [0, 0.1) is 5.92 Å². The highest BCUT2D eigenvalue weighted by Crippen LogP contribution is 2.61. The summed E-state index contributed by atoms with van der Waals surface area (Å²) in [6, 6.07) is 33.4. The Morgan fingerprint density at radius 1 is 0.965 bits per heavy atom. The number of hydrogen-bond donors (Lipinski definition) is 1. The number of hydrogen-bond acceptors (Lipinski definition) is 6. The van der Waals surface area contributed by atoms with Crippen LogP contribution in [-0.4, -0.2) is 68.2 Å². The zero-order valence-corrected chi connectivity index (χ0v) is 33.8. The first-order valence-corrected chi connectivity index (χ1v) is 22.8. The molecule has 9 nitrogen and oxygen atoms in total. The van der Waals surface area contributed by atoms with E-state index >= 15 is 4.79 Å². The number of anilines is 3. The summed E-state index contributed by atoms with van der Waals surface area (Å²) in [6.45, 7) is 11.2. The molecule has 4 heterocycles. The average molecular weight is 778 g/mol. The molecule has 0 unspecified atom stereocenters.